The van der Waals surface area contributed by atoms with Gasteiger partial charge in [0.25, 0.3) is 0 Å². The van der Waals surface area contributed by atoms with E-state index in [0.29, 0.717) is 22.9 Å². The van der Waals surface area contributed by atoms with Gasteiger partial charge in [-0.3, -0.25) is 4.57 Å². The smallest absolute Gasteiger partial charge is 0.249 e. The summed E-state index contributed by atoms with van der Waals surface area (Å²) in [7, 11) is 0. The van der Waals surface area contributed by atoms with Gasteiger partial charge < -0.3 is 4.74 Å². The molecule has 0 N–H and O–H groups in total. The Morgan fingerprint density at radius 3 is 2.44 bits per heavy atom. The SMILES string of the molecule is [2H]C([2H])([2H])[n+]1cn(-c2cccc(Oc3ccc4c5ccccc5n(-c5cc(C(C)C)ccn5)c4c3)c2)c2ccccc21. The van der Waals surface area contributed by atoms with Gasteiger partial charge in [-0.1, -0.05) is 50.2 Å². The standard InChI is InChI=1S/C34H29N4O/c1-23(2)24-17-18-35-34(19-24)38-30-12-5-4-11-28(30)29-16-15-27(21-33(29)38)39-26-10-8-9-25(20-26)37-22-36(3)31-13-6-7-14-32(31)37/h4-23H,1-3H3/q+1/i3D3. The van der Waals surface area contributed by atoms with Crippen molar-refractivity contribution in [2.24, 2.45) is 6.98 Å². The predicted molar refractivity (Wildman–Crippen MR) is 157 cm³/mol. The third kappa shape index (κ3) is 3.94. The molecule has 0 radical (unpaired) electrons. The lowest BCUT2D eigenvalue weighted by Gasteiger charge is -2.11. The summed E-state index contributed by atoms with van der Waals surface area (Å²) in [5, 5.41) is 2.27. The molecule has 3 heterocycles. The van der Waals surface area contributed by atoms with Gasteiger partial charge in [0.2, 0.25) is 6.33 Å². The number of ether oxygens (including phenoxy) is 1. The number of nitrogens with zero attached hydrogens (tertiary/aromatic N) is 4. The van der Waals surface area contributed by atoms with E-state index in [0.717, 1.165) is 38.8 Å². The zero-order chi connectivity index (χ0) is 29.0. The minimum atomic E-state index is -2.30. The minimum absolute atomic E-state index is 0.387. The number of aromatic nitrogens is 4. The van der Waals surface area contributed by atoms with Crippen LogP contribution < -0.4 is 9.30 Å². The van der Waals surface area contributed by atoms with E-state index >= 15 is 0 Å². The van der Waals surface area contributed by atoms with Gasteiger partial charge in [0.05, 0.1) is 22.1 Å². The van der Waals surface area contributed by atoms with Gasteiger partial charge in [-0.05, 0) is 66.1 Å². The lowest BCUT2D eigenvalue weighted by atomic mass is 10.1. The van der Waals surface area contributed by atoms with Crippen molar-refractivity contribution in [2.75, 3.05) is 0 Å². The molecule has 0 amide bonds. The van der Waals surface area contributed by atoms with E-state index in [1.54, 1.807) is 6.33 Å². The Kier molecular flexibility index (Phi) is 4.71. The first-order valence-electron chi connectivity index (χ1n) is 14.6. The highest BCUT2D eigenvalue weighted by molar-refractivity contribution is 6.09. The quantitative estimate of drug-likeness (QED) is 0.220. The number of aryl methyl sites for hydroxylation is 1. The summed E-state index contributed by atoms with van der Waals surface area (Å²) in [6.07, 6.45) is 3.50. The second-order valence-electron chi connectivity index (χ2n) is 10.1. The molecule has 0 fully saturated rings. The number of fused-ring (bicyclic) bond motifs is 4. The summed E-state index contributed by atoms with van der Waals surface area (Å²) in [6, 6.07) is 33.9. The molecule has 0 unspecified atom stereocenters. The average Bonchev–Trinajstić information content (AvgIpc) is 3.54. The molecule has 7 rings (SSSR count). The Balaban J connectivity index is 1.32. The topological polar surface area (TPSA) is 35.9 Å². The van der Waals surface area contributed by atoms with Crippen LogP contribution in [0.5, 0.6) is 11.5 Å². The molecule has 4 aromatic carbocycles. The lowest BCUT2D eigenvalue weighted by molar-refractivity contribution is -0.645. The van der Waals surface area contributed by atoms with E-state index in [4.69, 9.17) is 13.8 Å². The van der Waals surface area contributed by atoms with Crippen LogP contribution in [0, 0.1) is 0 Å². The molecule has 5 nitrogen and oxygen atoms in total. The zero-order valence-corrected chi connectivity index (χ0v) is 21.7. The van der Waals surface area contributed by atoms with Crippen molar-refractivity contribution in [3.05, 3.63) is 121 Å². The van der Waals surface area contributed by atoms with Crippen molar-refractivity contribution in [1.82, 2.24) is 14.1 Å². The van der Waals surface area contributed by atoms with E-state index in [2.05, 4.69) is 60.9 Å². The van der Waals surface area contributed by atoms with Gasteiger partial charge in [0, 0.05) is 29.1 Å². The van der Waals surface area contributed by atoms with Crippen LogP contribution in [-0.2, 0) is 6.98 Å². The number of rotatable bonds is 5. The van der Waals surface area contributed by atoms with Gasteiger partial charge in [-0.2, -0.15) is 4.57 Å². The lowest BCUT2D eigenvalue weighted by Crippen LogP contribution is -2.25. The van der Waals surface area contributed by atoms with Crippen LogP contribution in [0.2, 0.25) is 0 Å². The van der Waals surface area contributed by atoms with Crippen LogP contribution >= 0.6 is 0 Å². The van der Waals surface area contributed by atoms with Crippen molar-refractivity contribution in [3.8, 4) is 23.0 Å². The molecule has 39 heavy (non-hydrogen) atoms. The largest absolute Gasteiger partial charge is 0.457 e. The summed E-state index contributed by atoms with van der Waals surface area (Å²) in [4.78, 5) is 4.74. The van der Waals surface area contributed by atoms with E-state index in [1.165, 1.54) is 10.1 Å². The van der Waals surface area contributed by atoms with Crippen LogP contribution in [-0.4, -0.2) is 14.1 Å². The number of para-hydroxylation sites is 3. The number of benzene rings is 4. The molecule has 0 saturated heterocycles. The molecular formula is C34H29N4O+. The van der Waals surface area contributed by atoms with Gasteiger partial charge in [-0.15, -0.1) is 0 Å². The van der Waals surface area contributed by atoms with E-state index < -0.39 is 6.98 Å². The second kappa shape index (κ2) is 9.14. The Morgan fingerprint density at radius 2 is 1.56 bits per heavy atom. The molecule has 0 saturated carbocycles. The van der Waals surface area contributed by atoms with Gasteiger partial charge >= 0.3 is 0 Å². The van der Waals surface area contributed by atoms with Crippen molar-refractivity contribution >= 4 is 32.8 Å². The van der Waals surface area contributed by atoms with Crippen molar-refractivity contribution < 1.29 is 13.4 Å². The minimum Gasteiger partial charge on any atom is -0.457 e. The first-order valence-corrected chi connectivity index (χ1v) is 13.1. The fraction of sp³-hybridized carbons (Fsp3) is 0.118. The van der Waals surface area contributed by atoms with Crippen LogP contribution in [0.15, 0.2) is 116 Å². The molecule has 5 heteroatoms. The fourth-order valence-electron chi connectivity index (χ4n) is 5.33. The van der Waals surface area contributed by atoms with E-state index in [9.17, 15) is 0 Å². The maximum atomic E-state index is 7.99. The summed E-state index contributed by atoms with van der Waals surface area (Å²) in [5.74, 6) is 2.59. The van der Waals surface area contributed by atoms with Crippen molar-refractivity contribution in [1.29, 1.82) is 0 Å². The van der Waals surface area contributed by atoms with Crippen molar-refractivity contribution in [2.45, 2.75) is 19.8 Å². The molecule has 0 atom stereocenters. The molecular weight excluding hydrogens is 480 g/mol. The summed E-state index contributed by atoms with van der Waals surface area (Å²) < 4.78 is 35.8. The van der Waals surface area contributed by atoms with Gasteiger partial charge in [-0.25, -0.2) is 9.55 Å². The van der Waals surface area contributed by atoms with Gasteiger partial charge in [0.15, 0.2) is 11.0 Å². The third-order valence-electron chi connectivity index (χ3n) is 7.27. The first kappa shape index (κ1) is 20.1. The summed E-state index contributed by atoms with van der Waals surface area (Å²) in [5.41, 5.74) is 5.56. The molecule has 7 aromatic rings. The van der Waals surface area contributed by atoms with Crippen LogP contribution in [0.25, 0.3) is 44.3 Å². The molecule has 0 aliphatic heterocycles. The molecule has 0 aliphatic carbocycles. The monoisotopic (exact) mass is 512 g/mol. The Bertz CT molecular complexity index is 2110. The second-order valence-corrected chi connectivity index (χ2v) is 10.1. The van der Waals surface area contributed by atoms with Crippen LogP contribution in [0.3, 0.4) is 0 Å². The molecule has 0 spiro atoms. The van der Waals surface area contributed by atoms with E-state index in [-0.39, 0.29) is 0 Å². The predicted octanol–water partition coefficient (Wildman–Crippen LogP) is 7.86. The maximum Gasteiger partial charge on any atom is 0.249 e. The number of hydrogen-bond donors (Lipinski definition) is 0. The zero-order valence-electron chi connectivity index (χ0n) is 24.7. The normalized spacial score (nSPS) is 13.2. The van der Waals surface area contributed by atoms with Gasteiger partial charge in [0.1, 0.15) is 23.0 Å². The number of pyridine rings is 1. The molecule has 0 aliphatic rings. The fourth-order valence-corrected chi connectivity index (χ4v) is 5.33. The Hall–Kier alpha value is -4.90. The van der Waals surface area contributed by atoms with Crippen LogP contribution in [0.4, 0.5) is 0 Å². The Morgan fingerprint density at radius 1 is 0.769 bits per heavy atom. The first-order chi connectivity index (χ1) is 20.3. The molecule has 3 aromatic heterocycles. The highest BCUT2D eigenvalue weighted by Crippen LogP contribution is 2.35. The highest BCUT2D eigenvalue weighted by Gasteiger charge is 2.17. The molecule has 0 bridgehead atoms. The molecule has 190 valence electrons. The average molecular weight is 513 g/mol. The van der Waals surface area contributed by atoms with E-state index in [1.807, 2.05) is 71.4 Å². The summed E-state index contributed by atoms with van der Waals surface area (Å²) in [6.45, 7) is 2.07. The maximum absolute atomic E-state index is 7.99. The number of hydrogen-bond acceptors (Lipinski definition) is 2. The highest BCUT2D eigenvalue weighted by atomic mass is 16.5. The summed E-state index contributed by atoms with van der Waals surface area (Å²) >= 11 is 0. The Labute approximate surface area is 231 Å². The van der Waals surface area contributed by atoms with Crippen LogP contribution in [0.1, 0.15) is 29.4 Å². The van der Waals surface area contributed by atoms with Crippen molar-refractivity contribution in [3.63, 3.8) is 0 Å². The number of imidazole rings is 1. The third-order valence-corrected chi connectivity index (χ3v) is 7.27.